The Morgan fingerprint density at radius 1 is 0.483 bits per heavy atom. The van der Waals surface area contributed by atoms with Crippen LogP contribution >= 0.6 is 0 Å². The molecule has 4 saturated heterocycles. The van der Waals surface area contributed by atoms with Gasteiger partial charge in [0.1, 0.15) is 0 Å². The van der Waals surface area contributed by atoms with Crippen LogP contribution in [0.1, 0.15) is 27.7 Å². The number of hydrogen-bond acceptors (Lipinski definition) is 8. The van der Waals surface area contributed by atoms with Crippen LogP contribution in [0.15, 0.2) is 0 Å². The van der Waals surface area contributed by atoms with E-state index in [0.29, 0.717) is 79.3 Å². The lowest BCUT2D eigenvalue weighted by molar-refractivity contribution is -0.186. The first-order valence-corrected chi connectivity index (χ1v) is 12.2. The van der Waals surface area contributed by atoms with Crippen molar-refractivity contribution in [1.29, 1.82) is 0 Å². The molecule has 4 fully saturated rings. The average molecular weight is 433 g/mol. The summed E-state index contributed by atoms with van der Waals surface area (Å²) in [5.74, 6) is 0. The molecule has 4 aliphatic rings. The standard InChI is InChI=1S/C20H36O8Si/c1-17(5-21-6-17)13-25-29(26-14-18(2)7-22-8-18,27-15-19(3)9-23-10-19)28-16-20(4)11-24-12-20/h5-16H2,1-4H3. The summed E-state index contributed by atoms with van der Waals surface area (Å²) in [6, 6.07) is 0. The van der Waals surface area contributed by atoms with Gasteiger partial charge in [-0.05, 0) is 0 Å². The first kappa shape index (κ1) is 22.1. The maximum Gasteiger partial charge on any atom is 0.679 e. The van der Waals surface area contributed by atoms with Crippen LogP contribution in [0.4, 0.5) is 0 Å². The number of rotatable bonds is 12. The Bertz CT molecular complexity index is 467. The summed E-state index contributed by atoms with van der Waals surface area (Å²) in [6.07, 6.45) is 0. The molecule has 0 aliphatic carbocycles. The SMILES string of the molecule is CC1(CO[Si](OCC2(C)COC2)(OCC2(C)COC2)OCC2(C)COC2)COC1. The van der Waals surface area contributed by atoms with E-state index in [1.54, 1.807) is 0 Å². The molecule has 9 heteroatoms. The molecule has 0 bridgehead atoms. The molecule has 168 valence electrons. The average Bonchev–Trinajstić information content (AvgIpc) is 2.60. The van der Waals surface area contributed by atoms with Gasteiger partial charge < -0.3 is 36.7 Å². The van der Waals surface area contributed by atoms with Gasteiger partial charge in [0.2, 0.25) is 0 Å². The van der Waals surface area contributed by atoms with Crippen LogP contribution in [0.5, 0.6) is 0 Å². The van der Waals surface area contributed by atoms with Gasteiger partial charge in [0.15, 0.2) is 0 Å². The molecule has 0 aromatic rings. The van der Waals surface area contributed by atoms with Gasteiger partial charge >= 0.3 is 9.05 Å². The quantitative estimate of drug-likeness (QED) is 0.431. The highest BCUT2D eigenvalue weighted by Gasteiger charge is 2.54. The second-order valence-electron chi connectivity index (χ2n) is 10.9. The smallest absolute Gasteiger partial charge is 0.380 e. The molecule has 4 rings (SSSR count). The summed E-state index contributed by atoms with van der Waals surface area (Å²) in [6.45, 7) is 16.0. The predicted molar refractivity (Wildman–Crippen MR) is 105 cm³/mol. The fraction of sp³-hybridized carbons (Fsp3) is 1.00. The Morgan fingerprint density at radius 2 is 0.690 bits per heavy atom. The van der Waals surface area contributed by atoms with Crippen LogP contribution in [-0.4, -0.2) is 88.3 Å². The molecule has 0 N–H and O–H groups in total. The van der Waals surface area contributed by atoms with Crippen molar-refractivity contribution < 1.29 is 36.7 Å². The largest absolute Gasteiger partial charge is 0.679 e. The third-order valence-electron chi connectivity index (χ3n) is 5.99. The van der Waals surface area contributed by atoms with Gasteiger partial charge in [0, 0.05) is 21.7 Å². The van der Waals surface area contributed by atoms with Crippen molar-refractivity contribution in [3.05, 3.63) is 0 Å². The van der Waals surface area contributed by atoms with E-state index in [4.69, 9.17) is 36.7 Å². The summed E-state index contributed by atoms with van der Waals surface area (Å²) < 4.78 is 47.1. The fourth-order valence-electron chi connectivity index (χ4n) is 3.44. The van der Waals surface area contributed by atoms with Crippen molar-refractivity contribution in [2.45, 2.75) is 27.7 Å². The van der Waals surface area contributed by atoms with Gasteiger partial charge in [-0.3, -0.25) is 0 Å². The molecular weight excluding hydrogens is 396 g/mol. The zero-order valence-electron chi connectivity index (χ0n) is 18.3. The molecule has 0 saturated carbocycles. The minimum absolute atomic E-state index is 0.0230. The van der Waals surface area contributed by atoms with Gasteiger partial charge in [0.05, 0.1) is 79.3 Å². The molecule has 0 atom stereocenters. The Balaban J connectivity index is 1.45. The van der Waals surface area contributed by atoms with Crippen LogP contribution < -0.4 is 0 Å². The Morgan fingerprint density at radius 3 is 0.828 bits per heavy atom. The van der Waals surface area contributed by atoms with E-state index in [1.165, 1.54) is 0 Å². The lowest BCUT2D eigenvalue weighted by Gasteiger charge is -2.45. The lowest BCUT2D eigenvalue weighted by Crippen LogP contribution is -2.60. The van der Waals surface area contributed by atoms with Crippen LogP contribution in [0.25, 0.3) is 0 Å². The molecule has 0 unspecified atom stereocenters. The molecular formula is C20H36O8Si. The van der Waals surface area contributed by atoms with Gasteiger partial charge in [-0.1, -0.05) is 27.7 Å². The number of ether oxygens (including phenoxy) is 4. The summed E-state index contributed by atoms with van der Waals surface area (Å²) in [5.41, 5.74) is -0.0922. The molecule has 4 aliphatic heterocycles. The lowest BCUT2D eigenvalue weighted by atomic mass is 9.90. The topological polar surface area (TPSA) is 73.8 Å². The van der Waals surface area contributed by atoms with E-state index in [-0.39, 0.29) is 21.7 Å². The van der Waals surface area contributed by atoms with Crippen molar-refractivity contribution in [3.8, 4) is 0 Å². The maximum absolute atomic E-state index is 6.40. The Hall–Kier alpha value is -0.103. The van der Waals surface area contributed by atoms with Crippen LogP contribution in [0, 0.1) is 21.7 Å². The van der Waals surface area contributed by atoms with E-state index >= 15 is 0 Å². The fourth-order valence-corrected chi connectivity index (χ4v) is 6.04. The second-order valence-corrected chi connectivity index (χ2v) is 13.0. The molecule has 0 amide bonds. The van der Waals surface area contributed by atoms with Crippen molar-refractivity contribution in [2.75, 3.05) is 79.3 Å². The van der Waals surface area contributed by atoms with Gasteiger partial charge in [-0.15, -0.1) is 0 Å². The number of hydrogen-bond donors (Lipinski definition) is 0. The summed E-state index contributed by atoms with van der Waals surface area (Å²) in [4.78, 5) is 0. The highest BCUT2D eigenvalue weighted by atomic mass is 28.4. The minimum atomic E-state index is -3.39. The first-order chi connectivity index (χ1) is 13.7. The van der Waals surface area contributed by atoms with Crippen LogP contribution in [-0.2, 0) is 36.7 Å². The van der Waals surface area contributed by atoms with Crippen molar-refractivity contribution in [3.63, 3.8) is 0 Å². The van der Waals surface area contributed by atoms with Gasteiger partial charge in [-0.25, -0.2) is 0 Å². The summed E-state index contributed by atoms with van der Waals surface area (Å²) in [7, 11) is -3.39. The first-order valence-electron chi connectivity index (χ1n) is 10.5. The summed E-state index contributed by atoms with van der Waals surface area (Å²) >= 11 is 0. The van der Waals surface area contributed by atoms with E-state index < -0.39 is 9.05 Å². The van der Waals surface area contributed by atoms with Crippen molar-refractivity contribution in [1.82, 2.24) is 0 Å². The molecule has 0 spiro atoms. The van der Waals surface area contributed by atoms with Crippen molar-refractivity contribution in [2.24, 2.45) is 21.7 Å². The second kappa shape index (κ2) is 8.11. The van der Waals surface area contributed by atoms with Crippen LogP contribution in [0.3, 0.4) is 0 Å². The molecule has 0 aromatic carbocycles. The van der Waals surface area contributed by atoms with E-state index in [2.05, 4.69) is 27.7 Å². The zero-order chi connectivity index (χ0) is 20.6. The zero-order valence-corrected chi connectivity index (χ0v) is 19.3. The highest BCUT2D eigenvalue weighted by Crippen LogP contribution is 2.35. The van der Waals surface area contributed by atoms with Crippen molar-refractivity contribution >= 4 is 9.05 Å². The van der Waals surface area contributed by atoms with E-state index in [1.807, 2.05) is 0 Å². The molecule has 0 aromatic heterocycles. The van der Waals surface area contributed by atoms with Gasteiger partial charge in [-0.2, -0.15) is 0 Å². The normalized spacial score (nSPS) is 28.6. The Labute approximate surface area is 174 Å². The summed E-state index contributed by atoms with van der Waals surface area (Å²) in [5, 5.41) is 0. The molecule has 0 radical (unpaired) electrons. The van der Waals surface area contributed by atoms with Gasteiger partial charge in [0.25, 0.3) is 0 Å². The molecule has 29 heavy (non-hydrogen) atoms. The maximum atomic E-state index is 6.40. The van der Waals surface area contributed by atoms with E-state index in [9.17, 15) is 0 Å². The molecule has 4 heterocycles. The monoisotopic (exact) mass is 432 g/mol. The minimum Gasteiger partial charge on any atom is -0.380 e. The Kier molecular flexibility index (Phi) is 6.18. The molecule has 8 nitrogen and oxygen atoms in total. The third kappa shape index (κ3) is 5.21. The van der Waals surface area contributed by atoms with Crippen LogP contribution in [0.2, 0.25) is 0 Å². The highest BCUT2D eigenvalue weighted by molar-refractivity contribution is 6.53. The van der Waals surface area contributed by atoms with E-state index in [0.717, 1.165) is 0 Å². The predicted octanol–water partition coefficient (Wildman–Crippen LogP) is 1.63. The third-order valence-corrected chi connectivity index (χ3v) is 7.99.